The van der Waals surface area contributed by atoms with E-state index in [1.54, 1.807) is 0 Å². The van der Waals surface area contributed by atoms with Gasteiger partial charge >= 0.3 is 5.97 Å². The summed E-state index contributed by atoms with van der Waals surface area (Å²) in [5.74, 6) is -2.32. The minimum Gasteiger partial charge on any atom is -0.478 e. The van der Waals surface area contributed by atoms with E-state index in [1.807, 2.05) is 0 Å². The Morgan fingerprint density at radius 1 is 1.10 bits per heavy atom. The number of anilines is 1. The molecule has 2 N–H and O–H groups in total. The highest BCUT2D eigenvalue weighted by Crippen LogP contribution is 2.11. The zero-order chi connectivity index (χ0) is 15.1. The van der Waals surface area contributed by atoms with Crippen molar-refractivity contribution >= 4 is 29.1 Å². The fourth-order valence-electron chi connectivity index (χ4n) is 1.39. The second-order valence-electron chi connectivity index (χ2n) is 4.04. The van der Waals surface area contributed by atoms with Gasteiger partial charge in [0.2, 0.25) is 5.91 Å². The number of carboxylic acid groups (broad SMARTS) is 1. The summed E-state index contributed by atoms with van der Waals surface area (Å²) in [6.45, 7) is 1.32. The molecule has 6 heteroatoms. The number of nitrogens with one attached hydrogen (secondary N) is 1. The summed E-state index contributed by atoms with van der Waals surface area (Å²) < 4.78 is 0. The Labute approximate surface area is 115 Å². The smallest absolute Gasteiger partial charge is 0.328 e. The second kappa shape index (κ2) is 6.98. The molecule has 104 valence electrons. The summed E-state index contributed by atoms with van der Waals surface area (Å²) in [4.78, 5) is 43.9. The summed E-state index contributed by atoms with van der Waals surface area (Å²) in [5.41, 5.74) is 0.752. The van der Waals surface area contributed by atoms with Crippen LogP contribution in [0.2, 0.25) is 0 Å². The monoisotopic (exact) mass is 275 g/mol. The van der Waals surface area contributed by atoms with Crippen LogP contribution in [-0.2, 0) is 14.4 Å². The normalized spacial score (nSPS) is 10.2. The number of amides is 1. The summed E-state index contributed by atoms with van der Waals surface area (Å²) in [5, 5.41) is 10.9. The van der Waals surface area contributed by atoms with Crippen molar-refractivity contribution < 1.29 is 24.3 Å². The van der Waals surface area contributed by atoms with Crippen LogP contribution in [0.5, 0.6) is 0 Å². The van der Waals surface area contributed by atoms with E-state index in [4.69, 9.17) is 5.11 Å². The van der Waals surface area contributed by atoms with E-state index in [-0.39, 0.29) is 12.2 Å². The van der Waals surface area contributed by atoms with Crippen molar-refractivity contribution in [3.8, 4) is 0 Å². The standard InChI is InChI=1S/C14H13NO5/c1-9(16)8-13(18)15-11-4-2-10(3-5-11)12(17)6-7-14(19)20/h2-7H,8H2,1H3,(H,15,18)(H,19,20)/b7-6+. The van der Waals surface area contributed by atoms with E-state index in [9.17, 15) is 19.2 Å². The number of benzene rings is 1. The summed E-state index contributed by atoms with van der Waals surface area (Å²) in [6.07, 6.45) is 1.50. The van der Waals surface area contributed by atoms with Crippen molar-refractivity contribution in [2.45, 2.75) is 13.3 Å². The van der Waals surface area contributed by atoms with Crippen LogP contribution in [0.1, 0.15) is 23.7 Å². The molecule has 0 unspecified atom stereocenters. The van der Waals surface area contributed by atoms with Gasteiger partial charge in [-0.25, -0.2) is 4.79 Å². The van der Waals surface area contributed by atoms with Crippen molar-refractivity contribution in [1.82, 2.24) is 0 Å². The van der Waals surface area contributed by atoms with Crippen LogP contribution in [0.4, 0.5) is 5.69 Å². The number of hydrogen-bond acceptors (Lipinski definition) is 4. The Bertz CT molecular complexity index is 572. The number of Topliss-reactive ketones (excluding diaryl/α,β-unsaturated/α-hetero) is 1. The Hall–Kier alpha value is -2.76. The highest BCUT2D eigenvalue weighted by atomic mass is 16.4. The molecule has 0 aliphatic heterocycles. The fraction of sp³-hybridized carbons (Fsp3) is 0.143. The first-order chi connectivity index (χ1) is 9.38. The van der Waals surface area contributed by atoms with Gasteiger partial charge in [-0.05, 0) is 37.3 Å². The number of hydrogen-bond donors (Lipinski definition) is 2. The van der Waals surface area contributed by atoms with Gasteiger partial charge in [0.1, 0.15) is 5.78 Å². The quantitative estimate of drug-likeness (QED) is 0.464. The number of aliphatic carboxylic acids is 1. The predicted molar refractivity (Wildman–Crippen MR) is 71.5 cm³/mol. The van der Waals surface area contributed by atoms with Crippen LogP contribution < -0.4 is 5.32 Å². The minimum absolute atomic E-state index is 0.206. The Kier molecular flexibility index (Phi) is 5.34. The molecule has 0 aliphatic rings. The van der Waals surface area contributed by atoms with E-state index >= 15 is 0 Å². The van der Waals surface area contributed by atoms with Gasteiger partial charge in [-0.1, -0.05) is 0 Å². The molecule has 1 aromatic rings. The molecule has 0 aromatic heterocycles. The van der Waals surface area contributed by atoms with E-state index < -0.39 is 17.7 Å². The van der Waals surface area contributed by atoms with E-state index in [1.165, 1.54) is 31.2 Å². The lowest BCUT2D eigenvalue weighted by atomic mass is 10.1. The number of carbonyl (C=O) groups is 4. The molecule has 0 atom stereocenters. The third-order valence-corrected chi connectivity index (χ3v) is 2.24. The van der Waals surface area contributed by atoms with Crippen LogP contribution in [0, 0.1) is 0 Å². The Balaban J connectivity index is 2.69. The highest BCUT2D eigenvalue weighted by Gasteiger charge is 2.06. The van der Waals surface area contributed by atoms with Gasteiger partial charge in [-0.2, -0.15) is 0 Å². The molecule has 0 spiro atoms. The molecule has 0 radical (unpaired) electrons. The topological polar surface area (TPSA) is 101 Å². The zero-order valence-electron chi connectivity index (χ0n) is 10.8. The van der Waals surface area contributed by atoms with Gasteiger partial charge in [-0.15, -0.1) is 0 Å². The average molecular weight is 275 g/mol. The number of carboxylic acids is 1. The van der Waals surface area contributed by atoms with E-state index in [0.717, 1.165) is 12.2 Å². The molecular formula is C14H13NO5. The van der Waals surface area contributed by atoms with Gasteiger partial charge in [0, 0.05) is 17.3 Å². The molecule has 1 rings (SSSR count). The molecule has 1 amide bonds. The fourth-order valence-corrected chi connectivity index (χ4v) is 1.39. The minimum atomic E-state index is -1.20. The molecular weight excluding hydrogens is 262 g/mol. The van der Waals surface area contributed by atoms with Crippen LogP contribution in [0.15, 0.2) is 36.4 Å². The molecule has 0 aliphatic carbocycles. The number of allylic oxidation sites excluding steroid dienone is 1. The predicted octanol–water partition coefficient (Wildman–Crippen LogP) is 1.43. The SMILES string of the molecule is CC(=O)CC(=O)Nc1ccc(C(=O)/C=C/C(=O)O)cc1. The first-order valence-corrected chi connectivity index (χ1v) is 5.73. The van der Waals surface area contributed by atoms with Crippen molar-refractivity contribution in [2.24, 2.45) is 0 Å². The molecule has 1 aromatic carbocycles. The largest absolute Gasteiger partial charge is 0.478 e. The third kappa shape index (κ3) is 5.26. The zero-order valence-corrected chi connectivity index (χ0v) is 10.8. The maximum atomic E-state index is 11.5. The summed E-state index contributed by atoms with van der Waals surface area (Å²) >= 11 is 0. The molecule has 0 saturated heterocycles. The van der Waals surface area contributed by atoms with Crippen LogP contribution in [0.25, 0.3) is 0 Å². The van der Waals surface area contributed by atoms with Gasteiger partial charge in [0.05, 0.1) is 6.42 Å². The van der Waals surface area contributed by atoms with Gasteiger partial charge in [0.15, 0.2) is 5.78 Å². The summed E-state index contributed by atoms with van der Waals surface area (Å²) in [7, 11) is 0. The molecule has 0 bridgehead atoms. The van der Waals surface area contributed by atoms with Crippen LogP contribution >= 0.6 is 0 Å². The van der Waals surface area contributed by atoms with Gasteiger partial charge in [-0.3, -0.25) is 14.4 Å². The number of ketones is 2. The first kappa shape index (κ1) is 15.3. The Morgan fingerprint density at radius 3 is 2.20 bits per heavy atom. The van der Waals surface area contributed by atoms with E-state index in [2.05, 4.69) is 5.32 Å². The highest BCUT2D eigenvalue weighted by molar-refractivity contribution is 6.07. The Morgan fingerprint density at radius 2 is 1.70 bits per heavy atom. The van der Waals surface area contributed by atoms with E-state index in [0.29, 0.717) is 11.3 Å². The number of carbonyl (C=O) groups excluding carboxylic acids is 3. The lowest BCUT2D eigenvalue weighted by molar-refractivity contribution is -0.131. The maximum absolute atomic E-state index is 11.5. The maximum Gasteiger partial charge on any atom is 0.328 e. The molecule has 6 nitrogen and oxygen atoms in total. The molecule has 0 fully saturated rings. The third-order valence-electron chi connectivity index (χ3n) is 2.24. The summed E-state index contributed by atoms with van der Waals surface area (Å²) in [6, 6.07) is 5.91. The molecule has 0 saturated carbocycles. The second-order valence-corrected chi connectivity index (χ2v) is 4.04. The van der Waals surface area contributed by atoms with Crippen LogP contribution in [0.3, 0.4) is 0 Å². The average Bonchev–Trinajstić information content (AvgIpc) is 2.35. The number of rotatable bonds is 6. The lowest BCUT2D eigenvalue weighted by Gasteiger charge is -2.04. The van der Waals surface area contributed by atoms with Gasteiger partial charge < -0.3 is 10.4 Å². The van der Waals surface area contributed by atoms with Crippen molar-refractivity contribution in [2.75, 3.05) is 5.32 Å². The van der Waals surface area contributed by atoms with Crippen LogP contribution in [-0.4, -0.2) is 28.5 Å². The molecule has 20 heavy (non-hydrogen) atoms. The lowest BCUT2D eigenvalue weighted by Crippen LogP contribution is -2.14. The van der Waals surface area contributed by atoms with Gasteiger partial charge in [0.25, 0.3) is 0 Å². The van der Waals surface area contributed by atoms with Crippen molar-refractivity contribution in [1.29, 1.82) is 0 Å². The van der Waals surface area contributed by atoms with Crippen molar-refractivity contribution in [3.05, 3.63) is 42.0 Å². The molecule has 0 heterocycles. The van der Waals surface area contributed by atoms with Crippen molar-refractivity contribution in [3.63, 3.8) is 0 Å². The first-order valence-electron chi connectivity index (χ1n) is 5.73.